The Morgan fingerprint density at radius 3 is 2.35 bits per heavy atom. The highest BCUT2D eigenvalue weighted by Crippen LogP contribution is 2.31. The Kier molecular flexibility index (Phi) is 3.50. The molecule has 0 saturated carbocycles. The van der Waals surface area contributed by atoms with Crippen LogP contribution in [0, 0.1) is 0 Å². The number of benzene rings is 2. The third-order valence-electron chi connectivity index (χ3n) is 2.36. The Bertz CT molecular complexity index is 497. The van der Waals surface area contributed by atoms with Crippen LogP contribution in [0.15, 0.2) is 48.5 Å². The molecule has 0 amide bonds. The van der Waals surface area contributed by atoms with Crippen LogP contribution in [0.2, 0.25) is 0 Å². The van der Waals surface area contributed by atoms with Crippen molar-refractivity contribution in [3.63, 3.8) is 0 Å². The molecular formula is C14H15NO2. The maximum Gasteiger partial charge on any atom is 0.142 e. The number of phenolic OH excluding ortho intramolecular Hbond substituents is 1. The van der Waals surface area contributed by atoms with Crippen molar-refractivity contribution in [1.29, 1.82) is 0 Å². The van der Waals surface area contributed by atoms with E-state index in [1.807, 2.05) is 43.3 Å². The van der Waals surface area contributed by atoms with E-state index in [9.17, 15) is 5.11 Å². The lowest BCUT2D eigenvalue weighted by Gasteiger charge is -2.12. The van der Waals surface area contributed by atoms with Crippen LogP contribution in [0.3, 0.4) is 0 Å². The van der Waals surface area contributed by atoms with Crippen LogP contribution in [-0.4, -0.2) is 11.7 Å². The van der Waals surface area contributed by atoms with Gasteiger partial charge in [-0.05, 0) is 31.2 Å². The molecule has 0 bridgehead atoms. The second-order valence-electron chi connectivity index (χ2n) is 3.57. The number of hydrogen-bond acceptors (Lipinski definition) is 3. The molecule has 0 aliphatic carbocycles. The van der Waals surface area contributed by atoms with Crippen LogP contribution in [0.1, 0.15) is 6.92 Å². The lowest BCUT2D eigenvalue weighted by Crippen LogP contribution is -1.97. The van der Waals surface area contributed by atoms with Gasteiger partial charge in [-0.1, -0.05) is 24.3 Å². The number of ether oxygens (including phenoxy) is 1. The van der Waals surface area contributed by atoms with E-state index >= 15 is 0 Å². The van der Waals surface area contributed by atoms with Crippen LogP contribution in [0.25, 0.3) is 0 Å². The molecule has 0 unspecified atom stereocenters. The summed E-state index contributed by atoms with van der Waals surface area (Å²) in [7, 11) is 0. The van der Waals surface area contributed by atoms with Gasteiger partial charge in [0.25, 0.3) is 0 Å². The molecule has 0 spiro atoms. The fraction of sp³-hybridized carbons (Fsp3) is 0.143. The van der Waals surface area contributed by atoms with Gasteiger partial charge in [-0.3, -0.25) is 0 Å². The minimum absolute atomic E-state index is 0.221. The molecule has 2 aromatic rings. The van der Waals surface area contributed by atoms with Crippen molar-refractivity contribution in [1.82, 2.24) is 0 Å². The van der Waals surface area contributed by atoms with Crippen molar-refractivity contribution >= 4 is 11.4 Å². The van der Waals surface area contributed by atoms with Crippen LogP contribution in [0.5, 0.6) is 11.5 Å². The Morgan fingerprint density at radius 1 is 1.00 bits per heavy atom. The van der Waals surface area contributed by atoms with Gasteiger partial charge in [-0.25, -0.2) is 0 Å². The normalized spacial score (nSPS) is 9.94. The largest absolute Gasteiger partial charge is 0.506 e. The molecule has 2 aromatic carbocycles. The SMILES string of the molecule is CCOc1ccccc1Nc1ccccc1O. The summed E-state index contributed by atoms with van der Waals surface area (Å²) in [6, 6.07) is 14.8. The maximum absolute atomic E-state index is 9.69. The number of aromatic hydroxyl groups is 1. The van der Waals surface area contributed by atoms with Crippen LogP contribution in [-0.2, 0) is 0 Å². The van der Waals surface area contributed by atoms with Crippen molar-refractivity contribution in [2.45, 2.75) is 6.92 Å². The summed E-state index contributed by atoms with van der Waals surface area (Å²) in [5.41, 5.74) is 1.51. The third-order valence-corrected chi connectivity index (χ3v) is 2.36. The highest BCUT2D eigenvalue weighted by atomic mass is 16.5. The van der Waals surface area contributed by atoms with Crippen molar-refractivity contribution in [3.8, 4) is 11.5 Å². The number of rotatable bonds is 4. The molecule has 3 heteroatoms. The van der Waals surface area contributed by atoms with E-state index in [-0.39, 0.29) is 5.75 Å². The van der Waals surface area contributed by atoms with Crippen molar-refractivity contribution in [2.75, 3.05) is 11.9 Å². The number of phenols is 1. The summed E-state index contributed by atoms with van der Waals surface area (Å²) < 4.78 is 5.50. The lowest BCUT2D eigenvalue weighted by atomic mass is 10.2. The summed E-state index contributed by atoms with van der Waals surface area (Å²) in [5.74, 6) is 0.997. The Hall–Kier alpha value is -2.16. The Balaban J connectivity index is 2.27. The summed E-state index contributed by atoms with van der Waals surface area (Å²) in [6.07, 6.45) is 0. The van der Waals surface area contributed by atoms with Crippen molar-refractivity contribution < 1.29 is 9.84 Å². The number of para-hydroxylation sites is 4. The molecule has 0 aliphatic rings. The molecule has 3 nitrogen and oxygen atoms in total. The van der Waals surface area contributed by atoms with Gasteiger partial charge >= 0.3 is 0 Å². The highest BCUT2D eigenvalue weighted by Gasteiger charge is 2.04. The molecule has 0 saturated heterocycles. The van der Waals surface area contributed by atoms with Gasteiger partial charge in [0.05, 0.1) is 18.0 Å². The van der Waals surface area contributed by atoms with Crippen molar-refractivity contribution in [2.24, 2.45) is 0 Å². The third kappa shape index (κ3) is 2.69. The maximum atomic E-state index is 9.69. The smallest absolute Gasteiger partial charge is 0.142 e. The summed E-state index contributed by atoms with van der Waals surface area (Å²) in [6.45, 7) is 2.55. The van der Waals surface area contributed by atoms with E-state index in [0.717, 1.165) is 11.4 Å². The first kappa shape index (κ1) is 11.3. The summed E-state index contributed by atoms with van der Waals surface area (Å²) in [5, 5.41) is 12.8. The molecule has 0 atom stereocenters. The van der Waals surface area contributed by atoms with E-state index in [0.29, 0.717) is 12.3 Å². The quantitative estimate of drug-likeness (QED) is 0.788. The van der Waals surface area contributed by atoms with Gasteiger partial charge in [0, 0.05) is 0 Å². The molecule has 0 aliphatic heterocycles. The molecule has 0 fully saturated rings. The van der Waals surface area contributed by atoms with E-state index in [1.54, 1.807) is 12.1 Å². The zero-order valence-corrected chi connectivity index (χ0v) is 9.68. The monoisotopic (exact) mass is 229 g/mol. The predicted octanol–water partition coefficient (Wildman–Crippen LogP) is 3.53. The van der Waals surface area contributed by atoms with Gasteiger partial charge in [0.15, 0.2) is 0 Å². The lowest BCUT2D eigenvalue weighted by molar-refractivity contribution is 0.342. The van der Waals surface area contributed by atoms with Gasteiger partial charge < -0.3 is 15.2 Å². The van der Waals surface area contributed by atoms with E-state index in [4.69, 9.17) is 4.74 Å². The standard InChI is InChI=1S/C14H15NO2/c1-2-17-14-10-6-4-8-12(14)15-11-7-3-5-9-13(11)16/h3-10,15-16H,2H2,1H3. The van der Waals surface area contributed by atoms with Gasteiger partial charge in [-0.15, -0.1) is 0 Å². The van der Waals surface area contributed by atoms with Crippen LogP contribution < -0.4 is 10.1 Å². The zero-order chi connectivity index (χ0) is 12.1. The number of nitrogens with one attached hydrogen (secondary N) is 1. The fourth-order valence-corrected chi connectivity index (χ4v) is 1.58. The number of anilines is 2. The number of hydrogen-bond donors (Lipinski definition) is 2. The molecular weight excluding hydrogens is 214 g/mol. The fourth-order valence-electron chi connectivity index (χ4n) is 1.58. The molecule has 0 radical (unpaired) electrons. The topological polar surface area (TPSA) is 41.5 Å². The first-order chi connectivity index (χ1) is 8.31. The Morgan fingerprint density at radius 2 is 1.65 bits per heavy atom. The zero-order valence-electron chi connectivity index (χ0n) is 9.68. The van der Waals surface area contributed by atoms with Crippen LogP contribution >= 0.6 is 0 Å². The molecule has 2 N–H and O–H groups in total. The first-order valence-corrected chi connectivity index (χ1v) is 5.58. The second-order valence-corrected chi connectivity index (χ2v) is 3.57. The molecule has 0 heterocycles. The minimum atomic E-state index is 0.221. The van der Waals surface area contributed by atoms with Gasteiger partial charge in [-0.2, -0.15) is 0 Å². The minimum Gasteiger partial charge on any atom is -0.506 e. The van der Waals surface area contributed by atoms with Crippen molar-refractivity contribution in [3.05, 3.63) is 48.5 Å². The second kappa shape index (κ2) is 5.25. The average Bonchev–Trinajstić information content (AvgIpc) is 2.35. The molecule has 2 rings (SSSR count). The first-order valence-electron chi connectivity index (χ1n) is 5.58. The molecule has 17 heavy (non-hydrogen) atoms. The highest BCUT2D eigenvalue weighted by molar-refractivity contribution is 5.70. The van der Waals surface area contributed by atoms with E-state index in [1.165, 1.54) is 0 Å². The predicted molar refractivity (Wildman–Crippen MR) is 69.0 cm³/mol. The summed E-state index contributed by atoms with van der Waals surface area (Å²) in [4.78, 5) is 0. The Labute approximate surface area is 101 Å². The molecule has 0 aromatic heterocycles. The molecule has 88 valence electrons. The van der Waals surface area contributed by atoms with E-state index < -0.39 is 0 Å². The average molecular weight is 229 g/mol. The van der Waals surface area contributed by atoms with Gasteiger partial charge in [0.2, 0.25) is 0 Å². The van der Waals surface area contributed by atoms with Gasteiger partial charge in [0.1, 0.15) is 11.5 Å². The van der Waals surface area contributed by atoms with Crippen LogP contribution in [0.4, 0.5) is 11.4 Å². The summed E-state index contributed by atoms with van der Waals surface area (Å²) >= 11 is 0. The van der Waals surface area contributed by atoms with E-state index in [2.05, 4.69) is 5.32 Å².